The Morgan fingerprint density at radius 3 is 2.77 bits per heavy atom. The molecule has 0 spiro atoms. The number of amides is 1. The zero-order valence-electron chi connectivity index (χ0n) is 13.5. The van der Waals surface area contributed by atoms with Gasteiger partial charge in [0.2, 0.25) is 11.1 Å². The molecule has 2 N–H and O–H groups in total. The Balaban J connectivity index is 1.67. The molecule has 3 aromatic rings. The SMILES string of the molecule is C[C@H](Sc1n[nH]c(-c2ccccc2F)n1)C(=O)Nc1ccc(F)cc1Cl. The molecule has 134 valence electrons. The number of hydrogen-bond donors (Lipinski definition) is 2. The molecular weight excluding hydrogens is 382 g/mol. The summed E-state index contributed by atoms with van der Waals surface area (Å²) in [5.41, 5.74) is 0.606. The summed E-state index contributed by atoms with van der Waals surface area (Å²) >= 11 is 6.99. The quantitative estimate of drug-likeness (QED) is 0.624. The predicted molar refractivity (Wildman–Crippen MR) is 97.1 cm³/mol. The summed E-state index contributed by atoms with van der Waals surface area (Å²) in [6.07, 6.45) is 0. The van der Waals surface area contributed by atoms with E-state index in [1.807, 2.05) is 0 Å². The van der Waals surface area contributed by atoms with Gasteiger partial charge in [-0.2, -0.15) is 0 Å². The molecule has 0 bridgehead atoms. The Morgan fingerprint density at radius 1 is 1.27 bits per heavy atom. The number of aromatic amines is 1. The molecule has 0 aliphatic rings. The molecule has 1 amide bonds. The van der Waals surface area contributed by atoms with Crippen LogP contribution in [0.1, 0.15) is 6.92 Å². The van der Waals surface area contributed by atoms with Crippen LogP contribution in [0.15, 0.2) is 47.6 Å². The maximum Gasteiger partial charge on any atom is 0.237 e. The van der Waals surface area contributed by atoms with Crippen molar-refractivity contribution in [3.05, 3.63) is 59.1 Å². The summed E-state index contributed by atoms with van der Waals surface area (Å²) in [7, 11) is 0. The van der Waals surface area contributed by atoms with Crippen LogP contribution >= 0.6 is 23.4 Å². The number of rotatable bonds is 5. The van der Waals surface area contributed by atoms with Gasteiger partial charge in [0.15, 0.2) is 5.82 Å². The van der Waals surface area contributed by atoms with Crippen molar-refractivity contribution in [1.82, 2.24) is 15.2 Å². The predicted octanol–water partition coefficient (Wildman–Crippen LogP) is 4.52. The smallest absolute Gasteiger partial charge is 0.237 e. The van der Waals surface area contributed by atoms with Gasteiger partial charge in [0.1, 0.15) is 11.6 Å². The van der Waals surface area contributed by atoms with Gasteiger partial charge in [-0.05, 0) is 37.3 Å². The van der Waals surface area contributed by atoms with E-state index in [4.69, 9.17) is 11.6 Å². The van der Waals surface area contributed by atoms with Gasteiger partial charge in [-0.3, -0.25) is 9.89 Å². The van der Waals surface area contributed by atoms with Crippen molar-refractivity contribution in [3.63, 3.8) is 0 Å². The summed E-state index contributed by atoms with van der Waals surface area (Å²) in [6, 6.07) is 9.88. The van der Waals surface area contributed by atoms with E-state index in [0.717, 1.165) is 17.8 Å². The Morgan fingerprint density at radius 2 is 2.04 bits per heavy atom. The Bertz CT molecular complexity index is 950. The first-order valence-corrected chi connectivity index (χ1v) is 8.79. The number of carbonyl (C=O) groups is 1. The molecule has 1 atom stereocenters. The first-order valence-electron chi connectivity index (χ1n) is 7.54. The minimum absolute atomic E-state index is 0.107. The normalized spacial score (nSPS) is 12.0. The van der Waals surface area contributed by atoms with Crippen LogP contribution in [0.25, 0.3) is 11.4 Å². The van der Waals surface area contributed by atoms with Gasteiger partial charge < -0.3 is 5.32 Å². The number of hydrogen-bond acceptors (Lipinski definition) is 4. The van der Waals surface area contributed by atoms with Crippen molar-refractivity contribution < 1.29 is 13.6 Å². The van der Waals surface area contributed by atoms with Crippen molar-refractivity contribution >= 4 is 35.0 Å². The zero-order valence-corrected chi connectivity index (χ0v) is 15.0. The summed E-state index contributed by atoms with van der Waals surface area (Å²) in [5.74, 6) is -0.978. The van der Waals surface area contributed by atoms with Gasteiger partial charge in [-0.15, -0.1) is 5.10 Å². The van der Waals surface area contributed by atoms with E-state index in [9.17, 15) is 13.6 Å². The van der Waals surface area contributed by atoms with E-state index in [1.165, 1.54) is 18.2 Å². The molecule has 1 aromatic heterocycles. The molecule has 0 aliphatic heterocycles. The maximum atomic E-state index is 13.8. The summed E-state index contributed by atoms with van der Waals surface area (Å²) in [5, 5.41) is 9.13. The highest BCUT2D eigenvalue weighted by Gasteiger charge is 2.19. The Kier molecular flexibility index (Phi) is 5.53. The minimum atomic E-state index is -0.555. The monoisotopic (exact) mass is 394 g/mol. The number of nitrogens with zero attached hydrogens (tertiary/aromatic N) is 2. The van der Waals surface area contributed by atoms with E-state index in [2.05, 4.69) is 20.5 Å². The largest absolute Gasteiger partial charge is 0.324 e. The second kappa shape index (κ2) is 7.84. The van der Waals surface area contributed by atoms with E-state index >= 15 is 0 Å². The number of nitrogens with one attached hydrogen (secondary N) is 2. The Labute approximate surface area is 157 Å². The molecule has 3 rings (SSSR count). The lowest BCUT2D eigenvalue weighted by Gasteiger charge is -2.11. The third kappa shape index (κ3) is 4.20. The van der Waals surface area contributed by atoms with Gasteiger partial charge in [-0.25, -0.2) is 13.8 Å². The number of thioether (sulfide) groups is 1. The zero-order chi connectivity index (χ0) is 18.7. The summed E-state index contributed by atoms with van der Waals surface area (Å²) in [4.78, 5) is 16.5. The van der Waals surface area contributed by atoms with Gasteiger partial charge >= 0.3 is 0 Å². The fourth-order valence-electron chi connectivity index (χ4n) is 2.11. The highest BCUT2D eigenvalue weighted by Crippen LogP contribution is 2.27. The lowest BCUT2D eigenvalue weighted by atomic mass is 10.2. The van der Waals surface area contributed by atoms with E-state index in [0.29, 0.717) is 16.4 Å². The minimum Gasteiger partial charge on any atom is -0.324 e. The molecule has 0 aliphatic carbocycles. The van der Waals surface area contributed by atoms with Crippen LogP contribution in [0, 0.1) is 11.6 Å². The van der Waals surface area contributed by atoms with Crippen LogP contribution < -0.4 is 5.32 Å². The number of benzene rings is 2. The first kappa shape index (κ1) is 18.3. The highest BCUT2D eigenvalue weighted by molar-refractivity contribution is 8.00. The van der Waals surface area contributed by atoms with E-state index < -0.39 is 16.9 Å². The van der Waals surface area contributed by atoms with Gasteiger partial charge in [0.05, 0.1) is 21.5 Å². The highest BCUT2D eigenvalue weighted by atomic mass is 35.5. The van der Waals surface area contributed by atoms with Gasteiger partial charge in [0.25, 0.3) is 0 Å². The van der Waals surface area contributed by atoms with Crippen molar-refractivity contribution in [2.24, 2.45) is 0 Å². The van der Waals surface area contributed by atoms with Crippen LogP contribution in [-0.4, -0.2) is 26.3 Å². The van der Waals surface area contributed by atoms with Crippen molar-refractivity contribution in [2.45, 2.75) is 17.3 Å². The number of halogens is 3. The average molecular weight is 395 g/mol. The standard InChI is InChI=1S/C17H13ClF2N4OS/c1-9(16(25)21-14-7-6-10(19)8-12(14)18)26-17-22-15(23-24-17)11-4-2-3-5-13(11)20/h2-9H,1H3,(H,21,25)(H,22,23,24)/t9-/m0/s1. The summed E-state index contributed by atoms with van der Waals surface area (Å²) in [6.45, 7) is 1.66. The first-order chi connectivity index (χ1) is 12.4. The molecule has 0 radical (unpaired) electrons. The average Bonchev–Trinajstić information content (AvgIpc) is 3.06. The molecule has 26 heavy (non-hydrogen) atoms. The molecule has 1 heterocycles. The van der Waals surface area contributed by atoms with Crippen LogP contribution in [-0.2, 0) is 4.79 Å². The third-order valence-corrected chi connectivity index (χ3v) is 4.71. The number of H-pyrrole nitrogens is 1. The molecule has 9 heteroatoms. The fraction of sp³-hybridized carbons (Fsp3) is 0.118. The van der Waals surface area contributed by atoms with Crippen molar-refractivity contribution in [3.8, 4) is 11.4 Å². The molecule has 0 fully saturated rings. The molecule has 0 saturated carbocycles. The molecule has 5 nitrogen and oxygen atoms in total. The topological polar surface area (TPSA) is 70.7 Å². The van der Waals surface area contributed by atoms with Gasteiger partial charge in [-0.1, -0.05) is 35.5 Å². The van der Waals surface area contributed by atoms with Crippen LogP contribution in [0.5, 0.6) is 0 Å². The lowest BCUT2D eigenvalue weighted by Crippen LogP contribution is -2.22. The van der Waals surface area contributed by atoms with E-state index in [-0.39, 0.29) is 16.8 Å². The second-order valence-electron chi connectivity index (χ2n) is 5.32. The Hall–Kier alpha value is -2.45. The van der Waals surface area contributed by atoms with Crippen LogP contribution in [0.2, 0.25) is 5.02 Å². The lowest BCUT2D eigenvalue weighted by molar-refractivity contribution is -0.115. The van der Waals surface area contributed by atoms with E-state index in [1.54, 1.807) is 25.1 Å². The van der Waals surface area contributed by atoms with Crippen LogP contribution in [0.4, 0.5) is 14.5 Å². The third-order valence-electron chi connectivity index (χ3n) is 3.43. The number of carbonyl (C=O) groups excluding carboxylic acids is 1. The fourth-order valence-corrected chi connectivity index (χ4v) is 3.05. The van der Waals surface area contributed by atoms with Crippen molar-refractivity contribution in [2.75, 3.05) is 5.32 Å². The van der Waals surface area contributed by atoms with Crippen LogP contribution in [0.3, 0.4) is 0 Å². The molecular formula is C17H13ClF2N4OS. The maximum absolute atomic E-state index is 13.8. The molecule has 0 saturated heterocycles. The molecule has 2 aromatic carbocycles. The second-order valence-corrected chi connectivity index (χ2v) is 7.04. The van der Waals surface area contributed by atoms with Crippen molar-refractivity contribution in [1.29, 1.82) is 0 Å². The summed E-state index contributed by atoms with van der Waals surface area (Å²) < 4.78 is 26.8. The number of anilines is 1. The van der Waals surface area contributed by atoms with Gasteiger partial charge in [0, 0.05) is 0 Å². The molecule has 0 unspecified atom stereocenters. The number of aromatic nitrogens is 3.